The van der Waals surface area contributed by atoms with Gasteiger partial charge >= 0.3 is 30.0 Å². The summed E-state index contributed by atoms with van der Waals surface area (Å²) < 4.78 is 40.9. The van der Waals surface area contributed by atoms with Crippen LogP contribution in [-0.2, 0) is 52.3 Å². The highest BCUT2D eigenvalue weighted by Gasteiger charge is 2.28. The summed E-state index contributed by atoms with van der Waals surface area (Å²) in [5.74, 6) is -2.43. The molecule has 420 valence electrons. The van der Waals surface area contributed by atoms with Gasteiger partial charge < -0.3 is 43.4 Å². The highest BCUT2D eigenvalue weighted by atomic mass is 16.7. The summed E-state index contributed by atoms with van der Waals surface area (Å²) >= 11 is 0. The van der Waals surface area contributed by atoms with Gasteiger partial charge in [0, 0.05) is 45.6 Å². The molecule has 0 aliphatic rings. The number of alkyl carbamates (subject to hydrolysis) is 1. The molecule has 0 aromatic rings. The summed E-state index contributed by atoms with van der Waals surface area (Å²) in [6.45, 7) is 14.7. The minimum absolute atomic E-state index is 0.0182. The van der Waals surface area contributed by atoms with Gasteiger partial charge in [0.25, 0.3) is 6.29 Å². The van der Waals surface area contributed by atoms with E-state index in [1.165, 1.54) is 6.42 Å². The van der Waals surface area contributed by atoms with Crippen LogP contribution < -0.4 is 5.32 Å². The summed E-state index contributed by atoms with van der Waals surface area (Å²) in [5.41, 5.74) is 0. The first-order valence-corrected chi connectivity index (χ1v) is 28.7. The van der Waals surface area contributed by atoms with Gasteiger partial charge in [0.05, 0.1) is 24.9 Å². The highest BCUT2D eigenvalue weighted by molar-refractivity contribution is 5.72. The standard InChI is InChI=1S/C58H106N2O12/c1-9-14-19-23-26-32-45-66-55(67-46-33-27-24-20-15-10-2)42-41-54(63)72-57(71-53(62)38-31-25-28-34-47-68-56(64)50(35-18-13-5)36-29-21-16-11-3)49(6)48-69-52(61)40-39-51(37-30-22-17-12-4)70-58(65)59-43-44-60(7)8/h14-15,19-20,49-51,55,57H,9-13,16-18,21-48H2,1-8H3,(H,59,65)/b19-14-,20-15-. The third-order valence-corrected chi connectivity index (χ3v) is 12.3. The van der Waals surface area contributed by atoms with Gasteiger partial charge in [0.1, 0.15) is 12.7 Å². The quantitative estimate of drug-likeness (QED) is 0.0201. The van der Waals surface area contributed by atoms with E-state index < -0.39 is 48.6 Å². The van der Waals surface area contributed by atoms with Gasteiger partial charge in [-0.25, -0.2) is 4.79 Å². The van der Waals surface area contributed by atoms with Gasteiger partial charge in [0.15, 0.2) is 6.29 Å². The van der Waals surface area contributed by atoms with E-state index in [1.54, 1.807) is 6.92 Å². The first kappa shape index (κ1) is 68.5. The summed E-state index contributed by atoms with van der Waals surface area (Å²) in [4.78, 5) is 67.3. The molecule has 0 aliphatic heterocycles. The molecule has 1 N–H and O–H groups in total. The normalized spacial score (nSPS) is 13.4. The zero-order valence-electron chi connectivity index (χ0n) is 47.0. The maximum atomic E-state index is 13.5. The number of amides is 1. The van der Waals surface area contributed by atoms with Crippen LogP contribution in [0.3, 0.4) is 0 Å². The predicted octanol–water partition coefficient (Wildman–Crippen LogP) is 13.7. The second-order valence-electron chi connectivity index (χ2n) is 19.6. The molecule has 1 amide bonds. The molecule has 0 fully saturated rings. The Morgan fingerprint density at radius 1 is 0.514 bits per heavy atom. The lowest BCUT2D eigenvalue weighted by atomic mass is 9.95. The maximum absolute atomic E-state index is 13.5. The van der Waals surface area contributed by atoms with Crippen molar-refractivity contribution in [3.8, 4) is 0 Å². The number of carbonyl (C=O) groups excluding carboxylic acids is 5. The molecule has 0 rings (SSSR count). The molecule has 0 aliphatic carbocycles. The SMILES string of the molecule is CC/C=C\CCCCOC(CCC(=O)OC(OC(=O)CCCCCCOC(=O)C(CCCC)CCCCCC)C(C)COC(=O)CCC(CCCCCC)OC(=O)NCCN(C)C)OCCCC/C=C\CC. The Morgan fingerprint density at radius 3 is 1.65 bits per heavy atom. The summed E-state index contributed by atoms with van der Waals surface area (Å²) in [6.07, 6.45) is 29.9. The number of nitrogens with zero attached hydrogens (tertiary/aromatic N) is 1. The van der Waals surface area contributed by atoms with Crippen molar-refractivity contribution in [2.75, 3.05) is 53.6 Å². The van der Waals surface area contributed by atoms with Gasteiger partial charge in [-0.2, -0.15) is 0 Å². The molecule has 72 heavy (non-hydrogen) atoms. The molecule has 0 bridgehead atoms. The topological polar surface area (TPSA) is 165 Å². The Morgan fingerprint density at radius 2 is 1.06 bits per heavy atom. The zero-order valence-corrected chi connectivity index (χ0v) is 47.0. The van der Waals surface area contributed by atoms with Crippen molar-refractivity contribution in [3.63, 3.8) is 0 Å². The van der Waals surface area contributed by atoms with Crippen LogP contribution in [0, 0.1) is 11.8 Å². The molecule has 14 heteroatoms. The fraction of sp³-hybridized carbons (Fsp3) is 0.845. The van der Waals surface area contributed by atoms with E-state index in [2.05, 4.69) is 64.2 Å². The smallest absolute Gasteiger partial charge is 0.407 e. The van der Waals surface area contributed by atoms with Crippen molar-refractivity contribution < 1.29 is 57.1 Å². The number of likely N-dealkylation sites (N-methyl/N-ethyl adjacent to an activating group) is 1. The van der Waals surface area contributed by atoms with Crippen LogP contribution in [0.4, 0.5) is 4.79 Å². The first-order valence-electron chi connectivity index (χ1n) is 28.7. The Balaban J connectivity index is 5.62. The summed E-state index contributed by atoms with van der Waals surface area (Å²) in [7, 11) is 3.85. The number of hydrogen-bond donors (Lipinski definition) is 1. The Labute approximate surface area is 438 Å². The van der Waals surface area contributed by atoms with Gasteiger partial charge in [0.2, 0.25) is 0 Å². The minimum atomic E-state index is -1.30. The summed E-state index contributed by atoms with van der Waals surface area (Å²) in [6, 6.07) is 0. The number of rotatable bonds is 50. The monoisotopic (exact) mass is 1020 g/mol. The van der Waals surface area contributed by atoms with Gasteiger partial charge in [-0.05, 0) is 110 Å². The van der Waals surface area contributed by atoms with Crippen LogP contribution >= 0.6 is 0 Å². The zero-order chi connectivity index (χ0) is 53.3. The van der Waals surface area contributed by atoms with Crippen molar-refractivity contribution in [3.05, 3.63) is 24.3 Å². The van der Waals surface area contributed by atoms with E-state index in [4.69, 9.17) is 33.2 Å². The average Bonchev–Trinajstić information content (AvgIpc) is 3.35. The molecule has 0 saturated carbocycles. The number of hydrogen-bond acceptors (Lipinski definition) is 13. The van der Waals surface area contributed by atoms with Gasteiger partial charge in [-0.3, -0.25) is 19.2 Å². The number of esters is 4. The van der Waals surface area contributed by atoms with Crippen molar-refractivity contribution >= 4 is 30.0 Å². The Hall–Kier alpha value is -3.49. The molecule has 0 aromatic heterocycles. The van der Waals surface area contributed by atoms with Crippen LogP contribution in [0.5, 0.6) is 0 Å². The van der Waals surface area contributed by atoms with E-state index in [9.17, 15) is 24.0 Å². The Bertz CT molecular complexity index is 1370. The van der Waals surface area contributed by atoms with E-state index in [1.807, 2.05) is 19.0 Å². The molecule has 0 aromatic carbocycles. The number of nitrogens with one attached hydrogen (secondary N) is 1. The number of unbranched alkanes of at least 4 members (excludes halogenated alkanes) is 14. The second kappa shape index (κ2) is 49.7. The van der Waals surface area contributed by atoms with Crippen molar-refractivity contribution in [2.45, 2.75) is 253 Å². The van der Waals surface area contributed by atoms with Crippen LogP contribution in [0.2, 0.25) is 0 Å². The van der Waals surface area contributed by atoms with Crippen LogP contribution in [-0.4, -0.2) is 107 Å². The van der Waals surface area contributed by atoms with Crippen molar-refractivity contribution in [2.24, 2.45) is 11.8 Å². The van der Waals surface area contributed by atoms with Crippen LogP contribution in [0.25, 0.3) is 0 Å². The largest absolute Gasteiger partial charge is 0.465 e. The molecule has 0 spiro atoms. The minimum Gasteiger partial charge on any atom is -0.465 e. The van der Waals surface area contributed by atoms with E-state index in [-0.39, 0.29) is 44.2 Å². The lowest BCUT2D eigenvalue weighted by molar-refractivity contribution is -0.202. The fourth-order valence-corrected chi connectivity index (χ4v) is 7.76. The Kier molecular flexibility index (Phi) is 47.3. The van der Waals surface area contributed by atoms with Gasteiger partial charge in [-0.1, -0.05) is 136 Å². The van der Waals surface area contributed by atoms with Crippen molar-refractivity contribution in [1.29, 1.82) is 0 Å². The average molecular weight is 1020 g/mol. The summed E-state index contributed by atoms with van der Waals surface area (Å²) in [5, 5.41) is 2.78. The molecule has 4 atom stereocenters. The van der Waals surface area contributed by atoms with E-state index in [0.717, 1.165) is 135 Å². The van der Waals surface area contributed by atoms with E-state index >= 15 is 0 Å². The maximum Gasteiger partial charge on any atom is 0.407 e. The molecular weight excluding hydrogens is 917 g/mol. The lowest BCUT2D eigenvalue weighted by Gasteiger charge is -2.25. The third-order valence-electron chi connectivity index (χ3n) is 12.3. The molecule has 0 saturated heterocycles. The van der Waals surface area contributed by atoms with Crippen LogP contribution in [0.1, 0.15) is 234 Å². The number of allylic oxidation sites excluding steroid dienone is 4. The molecule has 14 nitrogen and oxygen atoms in total. The first-order chi connectivity index (χ1) is 34.9. The third kappa shape index (κ3) is 43.0. The number of ether oxygens (including phenoxy) is 7. The highest BCUT2D eigenvalue weighted by Crippen LogP contribution is 2.21. The molecule has 4 unspecified atom stereocenters. The fourth-order valence-electron chi connectivity index (χ4n) is 7.76. The lowest BCUT2D eigenvalue weighted by Crippen LogP contribution is -2.34. The van der Waals surface area contributed by atoms with E-state index in [0.29, 0.717) is 58.6 Å². The predicted molar refractivity (Wildman–Crippen MR) is 288 cm³/mol. The van der Waals surface area contributed by atoms with Gasteiger partial charge in [-0.15, -0.1) is 0 Å². The number of carbonyl (C=O) groups is 5. The second-order valence-corrected chi connectivity index (χ2v) is 19.6. The molecule has 0 radical (unpaired) electrons. The van der Waals surface area contributed by atoms with Crippen molar-refractivity contribution in [1.82, 2.24) is 10.2 Å². The van der Waals surface area contributed by atoms with Crippen LogP contribution in [0.15, 0.2) is 24.3 Å². The molecule has 0 heterocycles. The molecular formula is C58H106N2O12.